The number of amides is 1. The van der Waals surface area contributed by atoms with Crippen LogP contribution in [0.1, 0.15) is 16.1 Å². The largest absolute Gasteiger partial charge is 0.385 e. The molecule has 0 bridgehead atoms. The molecule has 0 unspecified atom stereocenters. The van der Waals surface area contributed by atoms with Gasteiger partial charge in [0.2, 0.25) is 0 Å². The van der Waals surface area contributed by atoms with Crippen LogP contribution in [0, 0.1) is 0 Å². The molecule has 1 aromatic carbocycles. The zero-order valence-electron chi connectivity index (χ0n) is 12.5. The molecule has 1 amide bonds. The first-order valence-corrected chi connectivity index (χ1v) is 7.31. The van der Waals surface area contributed by atoms with Gasteiger partial charge in [-0.15, -0.1) is 0 Å². The molecule has 0 fully saturated rings. The van der Waals surface area contributed by atoms with Gasteiger partial charge in [-0.3, -0.25) is 9.78 Å². The van der Waals surface area contributed by atoms with Crippen molar-refractivity contribution < 1.29 is 4.79 Å². The second-order valence-corrected chi connectivity index (χ2v) is 5.09. The lowest BCUT2D eigenvalue weighted by atomic mass is 10.1. The number of carbonyl (C=O) groups excluding carboxylic acids is 1. The molecule has 3 N–H and O–H groups in total. The molecule has 6 nitrogen and oxygen atoms in total. The molecule has 2 heterocycles. The van der Waals surface area contributed by atoms with E-state index < -0.39 is 5.91 Å². The number of benzene rings is 1. The molecule has 0 aliphatic carbocycles. The van der Waals surface area contributed by atoms with Gasteiger partial charge < -0.3 is 11.1 Å². The highest BCUT2D eigenvalue weighted by molar-refractivity contribution is 5.91. The molecule has 6 heteroatoms. The zero-order valence-corrected chi connectivity index (χ0v) is 12.5. The van der Waals surface area contributed by atoms with Gasteiger partial charge in [0.15, 0.2) is 0 Å². The van der Waals surface area contributed by atoms with Crippen LogP contribution in [0.5, 0.6) is 0 Å². The van der Waals surface area contributed by atoms with E-state index in [0.717, 1.165) is 24.3 Å². The van der Waals surface area contributed by atoms with Crippen LogP contribution in [-0.2, 0) is 6.42 Å². The van der Waals surface area contributed by atoms with E-state index >= 15 is 0 Å². The Bertz CT molecular complexity index is 781. The number of nitrogens with two attached hydrogens (primary N) is 1. The quantitative estimate of drug-likeness (QED) is 0.729. The molecule has 3 aromatic rings. The monoisotopic (exact) mass is 307 g/mol. The highest BCUT2D eigenvalue weighted by atomic mass is 16.1. The van der Waals surface area contributed by atoms with Gasteiger partial charge in [-0.25, -0.2) is 4.68 Å². The minimum atomic E-state index is -0.525. The number of nitrogens with zero attached hydrogens (tertiary/aromatic N) is 3. The van der Waals surface area contributed by atoms with Crippen molar-refractivity contribution in [1.29, 1.82) is 0 Å². The average molecular weight is 307 g/mol. The Labute approximate surface area is 134 Å². The number of hydrogen-bond acceptors (Lipinski definition) is 4. The molecule has 0 aliphatic rings. The Morgan fingerprint density at radius 3 is 2.70 bits per heavy atom. The Kier molecular flexibility index (Phi) is 4.33. The van der Waals surface area contributed by atoms with E-state index in [1.54, 1.807) is 18.5 Å². The maximum absolute atomic E-state index is 11.1. The van der Waals surface area contributed by atoms with E-state index in [4.69, 9.17) is 5.73 Å². The van der Waals surface area contributed by atoms with E-state index in [1.165, 1.54) is 5.56 Å². The van der Waals surface area contributed by atoms with Crippen LogP contribution in [-0.4, -0.2) is 27.2 Å². The molecule has 0 saturated carbocycles. The maximum Gasteiger partial charge on any atom is 0.267 e. The summed E-state index contributed by atoms with van der Waals surface area (Å²) in [5, 5.41) is 7.47. The summed E-state index contributed by atoms with van der Waals surface area (Å²) < 4.78 is 1.82. The van der Waals surface area contributed by atoms with Crippen molar-refractivity contribution in [3.8, 4) is 5.69 Å². The Balaban J connectivity index is 1.56. The minimum absolute atomic E-state index is 0.263. The molecular weight excluding hydrogens is 290 g/mol. The Morgan fingerprint density at radius 1 is 1.17 bits per heavy atom. The van der Waals surface area contributed by atoms with E-state index in [-0.39, 0.29) is 5.69 Å². The van der Waals surface area contributed by atoms with Crippen molar-refractivity contribution in [3.63, 3.8) is 0 Å². The summed E-state index contributed by atoms with van der Waals surface area (Å²) >= 11 is 0. The molecule has 0 atom stereocenters. The van der Waals surface area contributed by atoms with Gasteiger partial charge in [0.05, 0.1) is 5.69 Å². The topological polar surface area (TPSA) is 85.8 Å². The Morgan fingerprint density at radius 2 is 2.00 bits per heavy atom. The van der Waals surface area contributed by atoms with Crippen molar-refractivity contribution in [2.24, 2.45) is 5.73 Å². The number of pyridine rings is 1. The number of hydrogen-bond donors (Lipinski definition) is 2. The summed E-state index contributed by atoms with van der Waals surface area (Å²) in [4.78, 5) is 15.0. The zero-order chi connectivity index (χ0) is 16.1. The van der Waals surface area contributed by atoms with E-state index in [9.17, 15) is 4.79 Å². The molecule has 3 rings (SSSR count). The highest BCUT2D eigenvalue weighted by Crippen LogP contribution is 2.11. The van der Waals surface area contributed by atoms with Gasteiger partial charge in [-0.2, -0.15) is 5.10 Å². The SMILES string of the molecule is NC(=O)c1cc(NCCc2ccc(-n3cccn3)cc2)ccn1. The van der Waals surface area contributed by atoms with Gasteiger partial charge >= 0.3 is 0 Å². The van der Waals surface area contributed by atoms with Crippen LogP contribution < -0.4 is 11.1 Å². The number of rotatable bonds is 6. The average Bonchev–Trinajstić information content (AvgIpc) is 3.10. The van der Waals surface area contributed by atoms with Crippen LogP contribution >= 0.6 is 0 Å². The predicted molar refractivity (Wildman–Crippen MR) is 88.5 cm³/mol. The van der Waals surface area contributed by atoms with Crippen LogP contribution in [0.25, 0.3) is 5.69 Å². The Hall–Kier alpha value is -3.15. The lowest BCUT2D eigenvalue weighted by Crippen LogP contribution is -2.13. The molecule has 0 saturated heterocycles. The lowest BCUT2D eigenvalue weighted by molar-refractivity contribution is 0.0995. The maximum atomic E-state index is 11.1. The van der Waals surface area contributed by atoms with Crippen molar-refractivity contribution in [3.05, 3.63) is 72.3 Å². The first kappa shape index (κ1) is 14.8. The van der Waals surface area contributed by atoms with E-state index in [0.29, 0.717) is 0 Å². The normalized spacial score (nSPS) is 10.4. The summed E-state index contributed by atoms with van der Waals surface area (Å²) in [5.41, 5.74) is 8.57. The summed E-state index contributed by atoms with van der Waals surface area (Å²) in [6.07, 6.45) is 6.11. The molecule has 0 radical (unpaired) electrons. The van der Waals surface area contributed by atoms with Crippen molar-refractivity contribution in [2.75, 3.05) is 11.9 Å². The second kappa shape index (κ2) is 6.74. The van der Waals surface area contributed by atoms with Crippen LogP contribution in [0.15, 0.2) is 61.1 Å². The predicted octanol–water partition coefficient (Wildman–Crippen LogP) is 2.02. The van der Waals surface area contributed by atoms with Gasteiger partial charge in [-0.1, -0.05) is 12.1 Å². The first-order chi connectivity index (χ1) is 11.2. The van der Waals surface area contributed by atoms with Crippen LogP contribution in [0.2, 0.25) is 0 Å². The summed E-state index contributed by atoms with van der Waals surface area (Å²) in [6.45, 7) is 0.753. The highest BCUT2D eigenvalue weighted by Gasteiger charge is 2.03. The molecule has 0 aliphatic heterocycles. The molecular formula is C17H17N5O. The van der Waals surface area contributed by atoms with E-state index in [2.05, 4.69) is 27.5 Å². The molecule has 23 heavy (non-hydrogen) atoms. The molecule has 116 valence electrons. The summed E-state index contributed by atoms with van der Waals surface area (Å²) in [5.74, 6) is -0.525. The minimum Gasteiger partial charge on any atom is -0.385 e. The third kappa shape index (κ3) is 3.74. The van der Waals surface area contributed by atoms with E-state index in [1.807, 2.05) is 35.1 Å². The van der Waals surface area contributed by atoms with Crippen molar-refractivity contribution in [1.82, 2.24) is 14.8 Å². The molecule has 2 aromatic heterocycles. The lowest BCUT2D eigenvalue weighted by Gasteiger charge is -2.08. The number of nitrogens with one attached hydrogen (secondary N) is 1. The number of carbonyl (C=O) groups is 1. The fraction of sp³-hybridized carbons (Fsp3) is 0.118. The third-order valence-electron chi connectivity index (χ3n) is 3.46. The smallest absolute Gasteiger partial charge is 0.267 e. The standard InChI is InChI=1S/C17H17N5O/c18-17(23)16-12-14(7-10-20-16)19-9-6-13-2-4-15(5-3-13)22-11-1-8-21-22/h1-5,7-8,10-12H,6,9H2,(H2,18,23)(H,19,20). The van der Waals surface area contributed by atoms with Crippen LogP contribution in [0.3, 0.4) is 0 Å². The molecule has 0 spiro atoms. The summed E-state index contributed by atoms with van der Waals surface area (Å²) in [7, 11) is 0. The second-order valence-electron chi connectivity index (χ2n) is 5.09. The van der Waals surface area contributed by atoms with Gasteiger partial charge in [0, 0.05) is 30.8 Å². The third-order valence-corrected chi connectivity index (χ3v) is 3.46. The van der Waals surface area contributed by atoms with Crippen LogP contribution in [0.4, 0.5) is 5.69 Å². The fourth-order valence-corrected chi connectivity index (χ4v) is 2.26. The van der Waals surface area contributed by atoms with Crippen molar-refractivity contribution >= 4 is 11.6 Å². The first-order valence-electron chi connectivity index (χ1n) is 7.31. The fourth-order valence-electron chi connectivity index (χ4n) is 2.26. The summed E-state index contributed by atoms with van der Waals surface area (Å²) in [6, 6.07) is 13.6. The van der Waals surface area contributed by atoms with Gasteiger partial charge in [0.25, 0.3) is 5.91 Å². The van der Waals surface area contributed by atoms with Gasteiger partial charge in [-0.05, 0) is 42.3 Å². The van der Waals surface area contributed by atoms with Crippen molar-refractivity contribution in [2.45, 2.75) is 6.42 Å². The van der Waals surface area contributed by atoms with Gasteiger partial charge in [0.1, 0.15) is 5.69 Å². The number of primary amides is 1. The number of aromatic nitrogens is 3. The number of anilines is 1.